The summed E-state index contributed by atoms with van der Waals surface area (Å²) in [4.78, 5) is 4.07. The average Bonchev–Trinajstić information content (AvgIpc) is 3.09. The highest BCUT2D eigenvalue weighted by Crippen LogP contribution is 2.34. The van der Waals surface area contributed by atoms with E-state index in [0.29, 0.717) is 0 Å². The van der Waals surface area contributed by atoms with Crippen LogP contribution in [0.3, 0.4) is 0 Å². The molecule has 0 aromatic carbocycles. The van der Waals surface area contributed by atoms with E-state index < -0.39 is 0 Å². The van der Waals surface area contributed by atoms with Crippen LogP contribution in [-0.2, 0) is 6.42 Å². The first-order chi connectivity index (χ1) is 7.34. The Kier molecular flexibility index (Phi) is 3.73. The highest BCUT2D eigenvalue weighted by Gasteiger charge is 2.21. The fourth-order valence-corrected chi connectivity index (χ4v) is 1.86. The summed E-state index contributed by atoms with van der Waals surface area (Å²) in [6, 6.07) is 4.02. The molecule has 1 aliphatic carbocycles. The van der Waals surface area contributed by atoms with Crippen LogP contribution < -0.4 is 0 Å². The van der Waals surface area contributed by atoms with Crippen LogP contribution in [0.1, 0.15) is 37.7 Å². The third-order valence-electron chi connectivity index (χ3n) is 3.09. The Labute approximate surface area is 91.4 Å². The Hall–Kier alpha value is -0.890. The largest absolute Gasteiger partial charge is 0.393 e. The predicted molar refractivity (Wildman–Crippen MR) is 60.5 cm³/mol. The number of hydrogen-bond acceptors (Lipinski definition) is 2. The van der Waals surface area contributed by atoms with Gasteiger partial charge in [-0.05, 0) is 43.2 Å². The standard InChI is InChI=1S/C13H19NO/c15-13(7-5-11-3-4-11)8-6-12-2-1-9-14-10-12/h1-2,9-11,13,15H,3-8H2. The van der Waals surface area contributed by atoms with Crippen LogP contribution in [0.4, 0.5) is 0 Å². The van der Waals surface area contributed by atoms with Crippen molar-refractivity contribution >= 4 is 0 Å². The van der Waals surface area contributed by atoms with Gasteiger partial charge in [-0.1, -0.05) is 18.9 Å². The van der Waals surface area contributed by atoms with E-state index in [2.05, 4.69) is 11.1 Å². The molecule has 0 aliphatic heterocycles. The first kappa shape index (κ1) is 10.6. The highest BCUT2D eigenvalue weighted by molar-refractivity contribution is 5.08. The number of hydrogen-bond donors (Lipinski definition) is 1. The summed E-state index contributed by atoms with van der Waals surface area (Å²) in [5.74, 6) is 0.929. The second kappa shape index (κ2) is 5.26. The Morgan fingerprint density at radius 1 is 1.40 bits per heavy atom. The van der Waals surface area contributed by atoms with Gasteiger partial charge in [-0.25, -0.2) is 0 Å². The number of aromatic nitrogens is 1. The van der Waals surface area contributed by atoms with Crippen molar-refractivity contribution in [3.63, 3.8) is 0 Å². The van der Waals surface area contributed by atoms with Crippen LogP contribution in [0.25, 0.3) is 0 Å². The number of aliphatic hydroxyl groups is 1. The van der Waals surface area contributed by atoms with Gasteiger partial charge in [0, 0.05) is 12.4 Å². The van der Waals surface area contributed by atoms with Crippen molar-refractivity contribution < 1.29 is 5.11 Å². The minimum atomic E-state index is -0.120. The smallest absolute Gasteiger partial charge is 0.0543 e. The van der Waals surface area contributed by atoms with E-state index in [0.717, 1.165) is 25.2 Å². The van der Waals surface area contributed by atoms with E-state index in [9.17, 15) is 5.11 Å². The summed E-state index contributed by atoms with van der Waals surface area (Å²) in [7, 11) is 0. The van der Waals surface area contributed by atoms with Crippen molar-refractivity contribution in [3.05, 3.63) is 30.1 Å². The maximum atomic E-state index is 9.77. The Morgan fingerprint density at radius 3 is 2.93 bits per heavy atom. The van der Waals surface area contributed by atoms with Crippen molar-refractivity contribution in [2.45, 2.75) is 44.6 Å². The van der Waals surface area contributed by atoms with Gasteiger partial charge in [0.05, 0.1) is 6.10 Å². The number of nitrogens with zero attached hydrogens (tertiary/aromatic N) is 1. The van der Waals surface area contributed by atoms with E-state index in [-0.39, 0.29) is 6.10 Å². The molecule has 0 radical (unpaired) electrons. The van der Waals surface area contributed by atoms with Crippen molar-refractivity contribution in [3.8, 4) is 0 Å². The normalized spacial score (nSPS) is 17.7. The lowest BCUT2D eigenvalue weighted by molar-refractivity contribution is 0.150. The van der Waals surface area contributed by atoms with Crippen LogP contribution in [-0.4, -0.2) is 16.2 Å². The quantitative estimate of drug-likeness (QED) is 0.774. The van der Waals surface area contributed by atoms with Gasteiger partial charge in [0.1, 0.15) is 0 Å². The molecule has 0 bridgehead atoms. The van der Waals surface area contributed by atoms with Crippen LogP contribution in [0.15, 0.2) is 24.5 Å². The molecule has 0 spiro atoms. The molecule has 1 unspecified atom stereocenters. The fourth-order valence-electron chi connectivity index (χ4n) is 1.86. The summed E-state index contributed by atoms with van der Waals surface area (Å²) in [6.07, 6.45) is 10.3. The van der Waals surface area contributed by atoms with Crippen LogP contribution in [0, 0.1) is 5.92 Å². The predicted octanol–water partition coefficient (Wildman–Crippen LogP) is 2.57. The number of aliphatic hydroxyl groups excluding tert-OH is 1. The van der Waals surface area contributed by atoms with Crippen molar-refractivity contribution in [1.29, 1.82) is 0 Å². The van der Waals surface area contributed by atoms with Crippen LogP contribution >= 0.6 is 0 Å². The lowest BCUT2D eigenvalue weighted by atomic mass is 10.0. The zero-order valence-electron chi connectivity index (χ0n) is 9.10. The molecule has 1 saturated carbocycles. The molecule has 1 aliphatic rings. The summed E-state index contributed by atoms with van der Waals surface area (Å²) >= 11 is 0. The SMILES string of the molecule is OC(CCc1cccnc1)CCC1CC1. The van der Waals surface area contributed by atoms with Crippen LogP contribution in [0.2, 0.25) is 0 Å². The molecule has 0 amide bonds. The highest BCUT2D eigenvalue weighted by atomic mass is 16.3. The minimum Gasteiger partial charge on any atom is -0.393 e. The van der Waals surface area contributed by atoms with Gasteiger partial charge < -0.3 is 5.11 Å². The van der Waals surface area contributed by atoms with Crippen molar-refractivity contribution in [1.82, 2.24) is 4.98 Å². The molecule has 2 nitrogen and oxygen atoms in total. The maximum Gasteiger partial charge on any atom is 0.0543 e. The van der Waals surface area contributed by atoms with Crippen molar-refractivity contribution in [2.24, 2.45) is 5.92 Å². The lowest BCUT2D eigenvalue weighted by Gasteiger charge is -2.09. The molecule has 0 saturated heterocycles. The zero-order chi connectivity index (χ0) is 10.5. The number of pyridine rings is 1. The maximum absolute atomic E-state index is 9.77. The van der Waals surface area contributed by atoms with Gasteiger partial charge in [-0.15, -0.1) is 0 Å². The third-order valence-corrected chi connectivity index (χ3v) is 3.09. The Morgan fingerprint density at radius 2 is 2.27 bits per heavy atom. The van der Waals surface area contributed by atoms with E-state index in [4.69, 9.17) is 0 Å². The first-order valence-electron chi connectivity index (χ1n) is 5.91. The molecule has 2 heteroatoms. The molecule has 1 atom stereocenters. The zero-order valence-corrected chi connectivity index (χ0v) is 9.10. The van der Waals surface area contributed by atoms with Gasteiger partial charge in [0.2, 0.25) is 0 Å². The monoisotopic (exact) mass is 205 g/mol. The summed E-state index contributed by atoms with van der Waals surface area (Å²) in [5, 5.41) is 9.77. The molecule has 1 fully saturated rings. The second-order valence-corrected chi connectivity index (χ2v) is 4.57. The summed E-state index contributed by atoms with van der Waals surface area (Å²) in [5.41, 5.74) is 1.22. The molecule has 1 N–H and O–H groups in total. The molecular weight excluding hydrogens is 186 g/mol. The molecule has 1 aromatic heterocycles. The molecular formula is C13H19NO. The second-order valence-electron chi connectivity index (χ2n) is 4.57. The summed E-state index contributed by atoms with van der Waals surface area (Å²) < 4.78 is 0. The van der Waals surface area contributed by atoms with Gasteiger partial charge in [0.15, 0.2) is 0 Å². The molecule has 2 rings (SSSR count). The van der Waals surface area contributed by atoms with Gasteiger partial charge in [-0.3, -0.25) is 4.98 Å². The van der Waals surface area contributed by atoms with Gasteiger partial charge in [-0.2, -0.15) is 0 Å². The van der Waals surface area contributed by atoms with Crippen LogP contribution in [0.5, 0.6) is 0 Å². The molecule has 82 valence electrons. The topological polar surface area (TPSA) is 33.1 Å². The first-order valence-corrected chi connectivity index (χ1v) is 5.91. The average molecular weight is 205 g/mol. The third kappa shape index (κ3) is 4.00. The van der Waals surface area contributed by atoms with Gasteiger partial charge >= 0.3 is 0 Å². The van der Waals surface area contributed by atoms with E-state index in [1.165, 1.54) is 24.8 Å². The van der Waals surface area contributed by atoms with E-state index in [1.54, 1.807) is 6.20 Å². The number of aryl methyl sites for hydroxylation is 1. The van der Waals surface area contributed by atoms with E-state index >= 15 is 0 Å². The van der Waals surface area contributed by atoms with Crippen molar-refractivity contribution in [2.75, 3.05) is 0 Å². The lowest BCUT2D eigenvalue weighted by Crippen LogP contribution is -2.08. The Balaban J connectivity index is 1.63. The van der Waals surface area contributed by atoms with E-state index in [1.807, 2.05) is 12.3 Å². The molecule has 1 heterocycles. The number of rotatable bonds is 6. The fraction of sp³-hybridized carbons (Fsp3) is 0.615. The molecule has 15 heavy (non-hydrogen) atoms. The molecule has 1 aromatic rings. The van der Waals surface area contributed by atoms with Gasteiger partial charge in [0.25, 0.3) is 0 Å². The summed E-state index contributed by atoms with van der Waals surface area (Å²) in [6.45, 7) is 0. The Bertz CT molecular complexity index is 282. The minimum absolute atomic E-state index is 0.120.